The number of hydrogen-bond acceptors (Lipinski definition) is 10. The molecule has 0 aliphatic heterocycles. The predicted molar refractivity (Wildman–Crippen MR) is 174 cm³/mol. The lowest BCUT2D eigenvalue weighted by Crippen LogP contribution is -2.67. The van der Waals surface area contributed by atoms with E-state index < -0.39 is 114 Å². The van der Waals surface area contributed by atoms with Crippen LogP contribution in [-0.4, -0.2) is 120 Å². The molecule has 0 aromatic rings. The van der Waals surface area contributed by atoms with Crippen molar-refractivity contribution in [1.29, 1.82) is 0 Å². The number of amides is 9. The normalized spacial score (nSPS) is 16.7. The average molecular weight is 704 g/mol. The molecular formula is C30H43N10O10-9. The van der Waals surface area contributed by atoms with Crippen molar-refractivity contribution in [2.45, 2.75) is 60.4 Å². The number of carbonyl (C=O) groups excluding carboxylic acids is 10. The lowest BCUT2D eigenvalue weighted by Gasteiger charge is -2.31. The third kappa shape index (κ3) is 15.8. The highest BCUT2D eigenvalue weighted by Crippen LogP contribution is 1.95. The monoisotopic (exact) mass is 703 g/mol. The Morgan fingerprint density at radius 3 is 0.660 bits per heavy atom. The second-order valence-corrected chi connectivity index (χ2v) is 10.4. The van der Waals surface area contributed by atoms with E-state index in [9.17, 15) is 47.9 Å². The van der Waals surface area contributed by atoms with Gasteiger partial charge in [0.05, 0.1) is 0 Å². The van der Waals surface area contributed by atoms with Gasteiger partial charge in [0.1, 0.15) is 6.29 Å². The van der Waals surface area contributed by atoms with Crippen molar-refractivity contribution in [3.8, 4) is 0 Å². The first-order valence-electron chi connectivity index (χ1n) is 14.3. The van der Waals surface area contributed by atoms with Crippen LogP contribution < -0.4 is 53.6 Å². The zero-order valence-corrected chi connectivity index (χ0v) is 27.2. The maximum atomic E-state index is 12.5. The minimum absolute atomic E-state index is 0.350. The van der Waals surface area contributed by atoms with Gasteiger partial charge in [-0.1, -0.05) is 0 Å². The predicted octanol–water partition coefficient (Wildman–Crippen LogP) is -7.50. The van der Waals surface area contributed by atoms with E-state index in [4.69, 9.17) is 0 Å². The first-order chi connectivity index (χ1) is 23.0. The van der Waals surface area contributed by atoms with E-state index >= 15 is 0 Å². The fourth-order valence-electron chi connectivity index (χ4n) is 3.04. The van der Waals surface area contributed by atoms with Crippen LogP contribution in [0.15, 0.2) is 0 Å². The molecule has 12 N–H and O–H groups in total. The molecule has 20 heteroatoms. The molecule has 0 aliphatic carbocycles. The summed E-state index contributed by atoms with van der Waals surface area (Å²) in [5.74, 6) is -8.33. The van der Waals surface area contributed by atoms with Crippen molar-refractivity contribution < 1.29 is 53.7 Å². The van der Waals surface area contributed by atoms with E-state index in [-0.39, 0.29) is 0 Å². The summed E-state index contributed by atoms with van der Waals surface area (Å²) < 4.78 is 0. The van der Waals surface area contributed by atoms with Gasteiger partial charge in [-0.2, -0.15) is 0 Å². The van der Waals surface area contributed by atoms with Crippen molar-refractivity contribution in [2.75, 3.05) is 0 Å². The second-order valence-electron chi connectivity index (χ2n) is 10.4. The van der Waals surface area contributed by atoms with Crippen LogP contribution in [0, 0.1) is 69.2 Å². The van der Waals surface area contributed by atoms with Crippen LogP contribution in [-0.2, 0) is 47.9 Å². The van der Waals surface area contributed by atoms with Crippen molar-refractivity contribution in [1.82, 2.24) is 47.9 Å². The van der Waals surface area contributed by atoms with Crippen LogP contribution in [0.2, 0.25) is 0 Å². The smallest absolute Gasteiger partial charge is 0.243 e. The minimum atomic E-state index is -1.55. The zero-order valence-electron chi connectivity index (χ0n) is 27.2. The van der Waals surface area contributed by atoms with Crippen molar-refractivity contribution in [3.63, 3.8) is 0 Å². The molecular weight excluding hydrogens is 660 g/mol. The van der Waals surface area contributed by atoms with Gasteiger partial charge in [-0.3, -0.25) is 50.1 Å². The van der Waals surface area contributed by atoms with Gasteiger partial charge < -0.3 is 121 Å². The molecule has 0 spiro atoms. The highest BCUT2D eigenvalue weighted by atomic mass is 16.2. The molecule has 0 heterocycles. The number of rotatable bonds is 19. The Hall–Kier alpha value is -5.14. The minimum Gasteiger partial charge on any atom is -0.377 e. The van der Waals surface area contributed by atoms with E-state index in [1.807, 2.05) is 0 Å². The number of nitrogens with one attached hydrogen (secondary N) is 9. The van der Waals surface area contributed by atoms with Crippen LogP contribution in [0.3, 0.4) is 0 Å². The quantitative estimate of drug-likeness (QED) is 0.0448. The van der Waals surface area contributed by atoms with Crippen LogP contribution >= 0.6 is 0 Å². The number of hydrogen-bond donors (Lipinski definition) is 10. The molecule has 282 valence electrons. The lowest BCUT2D eigenvalue weighted by molar-refractivity contribution is -0.389. The van der Waals surface area contributed by atoms with Crippen LogP contribution in [0.1, 0.15) is 0 Å². The van der Waals surface area contributed by atoms with Gasteiger partial charge in [-0.05, 0) is 54.4 Å². The Labute approximate surface area is 290 Å². The van der Waals surface area contributed by atoms with Gasteiger partial charge in [-0.15, -0.1) is 0 Å². The summed E-state index contributed by atoms with van der Waals surface area (Å²) in [4.78, 5) is 121. The molecule has 9 amide bonds. The Morgan fingerprint density at radius 2 is 0.500 bits per heavy atom. The third-order valence-electron chi connectivity index (χ3n) is 5.93. The van der Waals surface area contributed by atoms with Crippen molar-refractivity contribution >= 4 is 59.5 Å². The number of aldehydes is 1. The fourth-order valence-corrected chi connectivity index (χ4v) is 3.04. The molecule has 0 fully saturated rings. The van der Waals surface area contributed by atoms with E-state index in [0.29, 0.717) is 6.29 Å². The van der Waals surface area contributed by atoms with Gasteiger partial charge in [0.15, 0.2) is 0 Å². The lowest BCUT2D eigenvalue weighted by atomic mass is 10.2. The first-order valence-corrected chi connectivity index (χ1v) is 14.3. The Morgan fingerprint density at radius 1 is 0.340 bits per heavy atom. The van der Waals surface area contributed by atoms with Gasteiger partial charge in [0, 0.05) is 6.04 Å². The average Bonchev–Trinajstić information content (AvgIpc) is 3.03. The molecule has 0 aromatic heterocycles. The van der Waals surface area contributed by atoms with Crippen LogP contribution in [0.5, 0.6) is 0 Å². The van der Waals surface area contributed by atoms with E-state index in [0.717, 1.165) is 0 Å². The van der Waals surface area contributed by atoms with Gasteiger partial charge in [0.25, 0.3) is 0 Å². The Kier molecular flexibility index (Phi) is 18.9. The topological polar surface area (TPSA) is 307 Å². The largest absolute Gasteiger partial charge is 0.377 e. The van der Waals surface area contributed by atoms with E-state index in [2.05, 4.69) is 123 Å². The zero-order chi connectivity index (χ0) is 39.0. The second kappa shape index (κ2) is 21.1. The molecule has 0 saturated carbocycles. The molecule has 20 nitrogen and oxygen atoms in total. The summed E-state index contributed by atoms with van der Waals surface area (Å²) in [6.45, 7) is 34.2. The SMILES string of the molecule is [CH2-][C@H]([NH3+])C(=O)N[C@@H]([CH2-])C(=O)N[C@@H]([CH2-])C(=O)N[C@@H]([CH2-])C(=O)N[C@@H]([CH2-])C(=O)N[C@@H]([CH2-])C(=O)N[C@@H]([CH2-])C(=O)N[C@@H]([CH2-])C(=O)N[C@@H]([CH2-])C(=O)N[C@@H]([CH2-])C=O. The summed E-state index contributed by atoms with van der Waals surface area (Å²) in [5, 5.41) is 19.4. The van der Waals surface area contributed by atoms with Gasteiger partial charge in [0.2, 0.25) is 53.2 Å². The van der Waals surface area contributed by atoms with Crippen molar-refractivity contribution in [3.05, 3.63) is 69.2 Å². The molecule has 0 rings (SSSR count). The first kappa shape index (κ1) is 44.9. The molecule has 0 bridgehead atoms. The summed E-state index contributed by atoms with van der Waals surface area (Å²) in [5.41, 5.74) is 3.39. The maximum absolute atomic E-state index is 12.5. The number of carbonyl (C=O) groups is 10. The molecule has 0 saturated heterocycles. The standard InChI is InChI=1S/C30H42N10O10/c1-12(11-41)32-23(43)14(3)34-25(45)16(5)36-27(47)18(7)38-29(49)20(9)40-30(50)21(10)39-28(48)19(8)37-26(46)17(6)35-24(44)15(4)33-22(42)13(2)31/h11-21H,1-10,31H2,(H,32,43)(H,33,42)(H,34,45)(H,35,44)(H,36,47)(H,37,46)(H,38,49)(H,39,48)(H,40,50)/q-10/p+1/t12-,13-,14-,15-,16-,17-,18-,19-,20-,21-/m0/s1. The molecule has 0 radical (unpaired) electrons. The fraction of sp³-hybridized carbons (Fsp3) is 0.333. The summed E-state index contributed by atoms with van der Waals surface area (Å²) >= 11 is 0. The van der Waals surface area contributed by atoms with Gasteiger partial charge >= 0.3 is 0 Å². The summed E-state index contributed by atoms with van der Waals surface area (Å²) in [6, 6.07) is -13.7. The summed E-state index contributed by atoms with van der Waals surface area (Å²) in [7, 11) is 0. The molecule has 0 aromatic carbocycles. The van der Waals surface area contributed by atoms with Crippen LogP contribution in [0.4, 0.5) is 0 Å². The maximum Gasteiger partial charge on any atom is 0.243 e. The molecule has 10 atom stereocenters. The Balaban J connectivity index is 4.84. The molecule has 0 aliphatic rings. The van der Waals surface area contributed by atoms with Crippen molar-refractivity contribution in [2.24, 2.45) is 0 Å². The van der Waals surface area contributed by atoms with Gasteiger partial charge in [-0.25, -0.2) is 0 Å². The number of quaternary nitrogens is 1. The van der Waals surface area contributed by atoms with E-state index in [1.165, 1.54) is 0 Å². The summed E-state index contributed by atoms with van der Waals surface area (Å²) in [6.07, 6.45) is 0.350. The highest BCUT2D eigenvalue weighted by Gasteiger charge is 2.21. The van der Waals surface area contributed by atoms with E-state index in [1.54, 1.807) is 0 Å². The third-order valence-corrected chi connectivity index (χ3v) is 5.93. The van der Waals surface area contributed by atoms with Crippen LogP contribution in [0.25, 0.3) is 0 Å². The molecule has 0 unspecified atom stereocenters. The highest BCUT2D eigenvalue weighted by molar-refractivity contribution is 5.99. The molecule has 50 heavy (non-hydrogen) atoms. The Bertz CT molecular complexity index is 1290.